The highest BCUT2D eigenvalue weighted by Gasteiger charge is 2.36. The first-order valence-corrected chi connectivity index (χ1v) is 12.6. The number of nitrogens with one attached hydrogen (secondary N) is 1. The van der Waals surface area contributed by atoms with E-state index in [9.17, 15) is 14.4 Å². The zero-order chi connectivity index (χ0) is 24.1. The summed E-state index contributed by atoms with van der Waals surface area (Å²) in [5.41, 5.74) is 2.23. The topological polar surface area (TPSA) is 75.7 Å². The summed E-state index contributed by atoms with van der Waals surface area (Å²) < 4.78 is 7.65. The van der Waals surface area contributed by atoms with Crippen molar-refractivity contribution in [1.82, 2.24) is 4.90 Å². The lowest BCUT2D eigenvalue weighted by molar-refractivity contribution is -0.127. The number of imide groups is 1. The number of halogens is 2. The third kappa shape index (κ3) is 6.16. The number of carbonyl (C=O) groups excluding carboxylic acids is 3. The Labute approximate surface area is 217 Å². The van der Waals surface area contributed by atoms with Crippen LogP contribution in [0.2, 0.25) is 0 Å². The Morgan fingerprint density at radius 1 is 0.971 bits per heavy atom. The number of anilines is 1. The molecule has 0 atom stereocenters. The van der Waals surface area contributed by atoms with E-state index in [1.165, 1.54) is 0 Å². The van der Waals surface area contributed by atoms with Gasteiger partial charge in [0.2, 0.25) is 5.91 Å². The Balaban J connectivity index is 1.47. The number of ether oxygens (including phenoxy) is 1. The van der Waals surface area contributed by atoms with E-state index < -0.39 is 17.1 Å². The first-order valence-electron chi connectivity index (χ1n) is 10.2. The molecule has 0 saturated carbocycles. The summed E-state index contributed by atoms with van der Waals surface area (Å²) >= 11 is 7.57. The Bertz CT molecular complexity index is 1260. The van der Waals surface area contributed by atoms with Crippen molar-refractivity contribution in [3.8, 4) is 5.75 Å². The molecule has 1 aliphatic rings. The third-order valence-electron chi connectivity index (χ3n) is 4.80. The van der Waals surface area contributed by atoms with Gasteiger partial charge < -0.3 is 10.1 Å². The van der Waals surface area contributed by atoms with Crippen molar-refractivity contribution in [2.75, 3.05) is 11.9 Å². The van der Waals surface area contributed by atoms with E-state index in [0.717, 1.165) is 31.2 Å². The number of amides is 3. The van der Waals surface area contributed by atoms with Crippen LogP contribution in [-0.2, 0) is 16.2 Å². The molecule has 4 rings (SSSR count). The predicted molar refractivity (Wildman–Crippen MR) is 140 cm³/mol. The number of thioether (sulfide) groups is 1. The molecule has 0 radical (unpaired) electrons. The van der Waals surface area contributed by atoms with Crippen molar-refractivity contribution in [1.29, 1.82) is 0 Å². The molecule has 172 valence electrons. The van der Waals surface area contributed by atoms with Gasteiger partial charge in [0, 0.05) is 20.2 Å². The van der Waals surface area contributed by atoms with E-state index in [1.54, 1.807) is 36.4 Å². The molecule has 0 aromatic heterocycles. The second-order valence-electron chi connectivity index (χ2n) is 7.28. The number of rotatable bonds is 7. The molecule has 6 nitrogen and oxygen atoms in total. The fourth-order valence-corrected chi connectivity index (χ4v) is 4.63. The van der Waals surface area contributed by atoms with Gasteiger partial charge in [0.1, 0.15) is 18.9 Å². The molecule has 34 heavy (non-hydrogen) atoms. The Hall–Kier alpha value is -2.88. The first-order chi connectivity index (χ1) is 16.4. The van der Waals surface area contributed by atoms with Crippen LogP contribution < -0.4 is 10.1 Å². The van der Waals surface area contributed by atoms with E-state index in [-0.39, 0.29) is 11.4 Å². The molecule has 0 unspecified atom stereocenters. The van der Waals surface area contributed by atoms with Crippen LogP contribution in [0.5, 0.6) is 5.75 Å². The largest absolute Gasteiger partial charge is 0.488 e. The zero-order valence-electron chi connectivity index (χ0n) is 17.7. The van der Waals surface area contributed by atoms with Crippen molar-refractivity contribution in [3.63, 3.8) is 0 Å². The summed E-state index contributed by atoms with van der Waals surface area (Å²) in [6, 6.07) is 22.2. The molecule has 9 heteroatoms. The smallest absolute Gasteiger partial charge is 0.294 e. The first kappa shape index (κ1) is 24.3. The van der Waals surface area contributed by atoms with Crippen LogP contribution in [0, 0.1) is 0 Å². The lowest BCUT2D eigenvalue weighted by Gasteiger charge is -2.13. The summed E-state index contributed by atoms with van der Waals surface area (Å²) in [6.07, 6.45) is 1.61. The highest BCUT2D eigenvalue weighted by atomic mass is 79.9. The van der Waals surface area contributed by atoms with Crippen LogP contribution in [0.15, 0.2) is 86.6 Å². The van der Waals surface area contributed by atoms with Crippen LogP contribution in [-0.4, -0.2) is 28.5 Å². The van der Waals surface area contributed by atoms with Crippen molar-refractivity contribution < 1.29 is 19.1 Å². The molecule has 1 saturated heterocycles. The van der Waals surface area contributed by atoms with Gasteiger partial charge in [0.25, 0.3) is 11.1 Å². The van der Waals surface area contributed by atoms with Gasteiger partial charge in [-0.3, -0.25) is 19.3 Å². The minimum absolute atomic E-state index is 0.226. The lowest BCUT2D eigenvalue weighted by atomic mass is 10.1. The maximum Gasteiger partial charge on any atom is 0.294 e. The molecule has 3 aromatic carbocycles. The molecule has 3 amide bonds. The van der Waals surface area contributed by atoms with Crippen molar-refractivity contribution >= 4 is 72.4 Å². The van der Waals surface area contributed by atoms with Gasteiger partial charge in [-0.05, 0) is 65.9 Å². The van der Waals surface area contributed by atoms with Crippen LogP contribution in [0.1, 0.15) is 11.1 Å². The fraction of sp³-hybridized carbons (Fsp3) is 0.0800. The molecule has 3 aromatic rings. The second-order valence-corrected chi connectivity index (χ2v) is 10.1. The summed E-state index contributed by atoms with van der Waals surface area (Å²) in [7, 11) is 0. The maximum atomic E-state index is 12.9. The SMILES string of the molecule is O=C(CN1C(=O)S/C(=C\c2cc(Br)ccc2OCc2ccccc2)C1=O)Nc1ccc(Br)cc1. The van der Waals surface area contributed by atoms with Crippen LogP contribution >= 0.6 is 43.6 Å². The van der Waals surface area contributed by atoms with Gasteiger partial charge in [-0.15, -0.1) is 0 Å². The standard InChI is InChI=1S/C25H18Br2N2O4S/c26-18-6-9-20(10-7-18)28-23(30)14-29-24(31)22(34-25(29)32)13-17-12-19(27)8-11-21(17)33-15-16-4-2-1-3-5-16/h1-13H,14-15H2,(H,28,30)/b22-13-. The molecular weight excluding hydrogens is 584 g/mol. The highest BCUT2D eigenvalue weighted by Crippen LogP contribution is 2.35. The van der Waals surface area contributed by atoms with Crippen LogP contribution in [0.4, 0.5) is 10.5 Å². The molecule has 1 heterocycles. The second kappa shape index (κ2) is 11.0. The number of nitrogens with zero attached hydrogens (tertiary/aromatic N) is 1. The van der Waals surface area contributed by atoms with E-state index in [4.69, 9.17) is 4.74 Å². The molecule has 0 aliphatic carbocycles. The summed E-state index contributed by atoms with van der Waals surface area (Å²) in [5.74, 6) is -0.401. The maximum absolute atomic E-state index is 12.9. The van der Waals surface area contributed by atoms with Gasteiger partial charge >= 0.3 is 0 Å². The van der Waals surface area contributed by atoms with E-state index >= 15 is 0 Å². The average Bonchev–Trinajstić information content (AvgIpc) is 3.08. The predicted octanol–water partition coefficient (Wildman–Crippen LogP) is 6.47. The van der Waals surface area contributed by atoms with Crippen molar-refractivity contribution in [3.05, 3.63) is 97.8 Å². The molecule has 1 aliphatic heterocycles. The van der Waals surface area contributed by atoms with Gasteiger partial charge in [-0.2, -0.15) is 0 Å². The van der Waals surface area contributed by atoms with Gasteiger partial charge in [-0.25, -0.2) is 0 Å². The van der Waals surface area contributed by atoms with Crippen molar-refractivity contribution in [2.45, 2.75) is 6.61 Å². The quantitative estimate of drug-likeness (QED) is 0.314. The third-order valence-corrected chi connectivity index (χ3v) is 6.73. The molecule has 1 fully saturated rings. The summed E-state index contributed by atoms with van der Waals surface area (Å²) in [6.45, 7) is -0.00502. The van der Waals surface area contributed by atoms with E-state index in [1.807, 2.05) is 42.5 Å². The number of carbonyl (C=O) groups is 3. The molecule has 1 N–H and O–H groups in total. The normalized spacial score (nSPS) is 14.5. The van der Waals surface area contributed by atoms with E-state index in [0.29, 0.717) is 23.6 Å². The highest BCUT2D eigenvalue weighted by molar-refractivity contribution is 9.10. The molecule has 0 spiro atoms. The van der Waals surface area contributed by atoms with Gasteiger partial charge in [-0.1, -0.05) is 62.2 Å². The average molecular weight is 602 g/mol. The Morgan fingerprint density at radius 3 is 2.41 bits per heavy atom. The summed E-state index contributed by atoms with van der Waals surface area (Å²) in [5, 5.41) is 2.19. The minimum Gasteiger partial charge on any atom is -0.488 e. The molecular formula is C25H18Br2N2O4S. The van der Waals surface area contributed by atoms with Gasteiger partial charge in [0.15, 0.2) is 0 Å². The van der Waals surface area contributed by atoms with E-state index in [2.05, 4.69) is 37.2 Å². The number of hydrogen-bond donors (Lipinski definition) is 1. The van der Waals surface area contributed by atoms with Gasteiger partial charge in [0.05, 0.1) is 4.91 Å². The van der Waals surface area contributed by atoms with Crippen LogP contribution in [0.3, 0.4) is 0 Å². The Kier molecular flexibility index (Phi) is 7.87. The molecule has 0 bridgehead atoms. The monoisotopic (exact) mass is 600 g/mol. The van der Waals surface area contributed by atoms with Crippen molar-refractivity contribution in [2.24, 2.45) is 0 Å². The fourth-order valence-electron chi connectivity index (χ4n) is 3.15. The summed E-state index contributed by atoms with van der Waals surface area (Å²) in [4.78, 5) is 39.0. The number of hydrogen-bond acceptors (Lipinski definition) is 5. The Morgan fingerprint density at radius 2 is 1.68 bits per heavy atom. The van der Waals surface area contributed by atoms with Crippen LogP contribution in [0.25, 0.3) is 6.08 Å². The number of benzene rings is 3. The zero-order valence-corrected chi connectivity index (χ0v) is 21.7. The lowest BCUT2D eigenvalue weighted by Crippen LogP contribution is -2.36. The minimum atomic E-state index is -0.519.